The number of benzene rings is 1. The fourth-order valence-corrected chi connectivity index (χ4v) is 2.20. The first kappa shape index (κ1) is 17.5. The zero-order valence-electron chi connectivity index (χ0n) is 14.2. The standard InChI is InChI=1S/C18H22N4O2/c1-14(23)22(12-15-8-10-19-11-9-15)13-18(24)20-16-4-6-17(7-5-16)21(2)3/h4-11H,12-13H2,1-3H3,(H,20,24). The van der Waals surface area contributed by atoms with Crippen LogP contribution in [0.1, 0.15) is 12.5 Å². The van der Waals surface area contributed by atoms with Crippen molar-refractivity contribution in [3.8, 4) is 0 Å². The van der Waals surface area contributed by atoms with Gasteiger partial charge in [0.15, 0.2) is 0 Å². The Balaban J connectivity index is 1.96. The third-order valence-corrected chi connectivity index (χ3v) is 3.57. The lowest BCUT2D eigenvalue weighted by Crippen LogP contribution is -2.36. The highest BCUT2D eigenvalue weighted by molar-refractivity contribution is 5.94. The molecule has 0 saturated carbocycles. The number of anilines is 2. The molecule has 24 heavy (non-hydrogen) atoms. The van der Waals surface area contributed by atoms with Crippen LogP contribution in [-0.4, -0.2) is 42.3 Å². The van der Waals surface area contributed by atoms with E-state index in [0.29, 0.717) is 12.2 Å². The van der Waals surface area contributed by atoms with Crippen molar-refractivity contribution in [1.29, 1.82) is 0 Å². The van der Waals surface area contributed by atoms with Crippen LogP contribution in [0.25, 0.3) is 0 Å². The molecule has 6 nitrogen and oxygen atoms in total. The van der Waals surface area contributed by atoms with E-state index in [0.717, 1.165) is 11.3 Å². The summed E-state index contributed by atoms with van der Waals surface area (Å²) in [6.45, 7) is 1.85. The van der Waals surface area contributed by atoms with Crippen molar-refractivity contribution < 1.29 is 9.59 Å². The topological polar surface area (TPSA) is 65.5 Å². The molecule has 0 aliphatic heterocycles. The smallest absolute Gasteiger partial charge is 0.244 e. The molecule has 1 heterocycles. The molecule has 0 fully saturated rings. The molecule has 0 aliphatic rings. The molecular weight excluding hydrogens is 304 g/mol. The molecule has 2 aromatic rings. The van der Waals surface area contributed by atoms with Crippen LogP contribution in [0.2, 0.25) is 0 Å². The van der Waals surface area contributed by atoms with Crippen LogP contribution in [0.15, 0.2) is 48.8 Å². The Labute approximate surface area is 142 Å². The summed E-state index contributed by atoms with van der Waals surface area (Å²) in [4.78, 5) is 31.4. The third-order valence-electron chi connectivity index (χ3n) is 3.57. The first-order chi connectivity index (χ1) is 11.5. The van der Waals surface area contributed by atoms with Crippen LogP contribution >= 0.6 is 0 Å². The van der Waals surface area contributed by atoms with Gasteiger partial charge in [-0.1, -0.05) is 0 Å². The van der Waals surface area contributed by atoms with Crippen molar-refractivity contribution in [2.75, 3.05) is 30.9 Å². The van der Waals surface area contributed by atoms with Crippen molar-refractivity contribution >= 4 is 23.2 Å². The fraction of sp³-hybridized carbons (Fsp3) is 0.278. The normalized spacial score (nSPS) is 10.1. The SMILES string of the molecule is CC(=O)N(CC(=O)Nc1ccc(N(C)C)cc1)Cc1ccncc1. The summed E-state index contributed by atoms with van der Waals surface area (Å²) >= 11 is 0. The zero-order valence-corrected chi connectivity index (χ0v) is 14.2. The van der Waals surface area contributed by atoms with E-state index in [9.17, 15) is 9.59 Å². The maximum atomic E-state index is 12.2. The molecule has 0 spiro atoms. The van der Waals surface area contributed by atoms with Gasteiger partial charge in [-0.3, -0.25) is 14.6 Å². The minimum atomic E-state index is -0.225. The number of amides is 2. The third kappa shape index (κ3) is 5.08. The fourth-order valence-electron chi connectivity index (χ4n) is 2.20. The summed E-state index contributed by atoms with van der Waals surface area (Å²) < 4.78 is 0. The highest BCUT2D eigenvalue weighted by atomic mass is 16.2. The number of pyridine rings is 1. The number of nitrogens with one attached hydrogen (secondary N) is 1. The van der Waals surface area contributed by atoms with Gasteiger partial charge in [-0.15, -0.1) is 0 Å². The van der Waals surface area contributed by atoms with Gasteiger partial charge in [0.25, 0.3) is 0 Å². The maximum absolute atomic E-state index is 12.2. The van der Waals surface area contributed by atoms with Crippen molar-refractivity contribution in [1.82, 2.24) is 9.88 Å². The quantitative estimate of drug-likeness (QED) is 0.883. The molecule has 0 atom stereocenters. The van der Waals surface area contributed by atoms with Crippen molar-refractivity contribution in [2.24, 2.45) is 0 Å². The number of hydrogen-bond acceptors (Lipinski definition) is 4. The predicted molar refractivity (Wildman–Crippen MR) is 94.7 cm³/mol. The molecule has 1 N–H and O–H groups in total. The van der Waals surface area contributed by atoms with Gasteiger partial charge in [-0.2, -0.15) is 0 Å². The molecular formula is C18H22N4O2. The molecule has 2 amide bonds. The van der Waals surface area contributed by atoms with E-state index in [2.05, 4.69) is 10.3 Å². The number of aromatic nitrogens is 1. The van der Waals surface area contributed by atoms with E-state index in [-0.39, 0.29) is 18.4 Å². The summed E-state index contributed by atoms with van der Waals surface area (Å²) in [5.41, 5.74) is 2.69. The molecule has 0 aliphatic carbocycles. The average Bonchev–Trinajstić information content (AvgIpc) is 2.55. The molecule has 1 aromatic carbocycles. The van der Waals surface area contributed by atoms with Crippen LogP contribution in [-0.2, 0) is 16.1 Å². The largest absolute Gasteiger partial charge is 0.378 e. The second kappa shape index (κ2) is 8.10. The lowest BCUT2D eigenvalue weighted by molar-refractivity contribution is -0.133. The van der Waals surface area contributed by atoms with Gasteiger partial charge < -0.3 is 15.1 Å². The van der Waals surface area contributed by atoms with Crippen LogP contribution in [0.3, 0.4) is 0 Å². The lowest BCUT2D eigenvalue weighted by Gasteiger charge is -2.20. The molecule has 1 aromatic heterocycles. The Morgan fingerprint density at radius 3 is 2.21 bits per heavy atom. The van der Waals surface area contributed by atoms with Crippen LogP contribution in [0, 0.1) is 0 Å². The monoisotopic (exact) mass is 326 g/mol. The van der Waals surface area contributed by atoms with E-state index in [1.165, 1.54) is 11.8 Å². The van der Waals surface area contributed by atoms with Gasteiger partial charge in [-0.05, 0) is 42.0 Å². The van der Waals surface area contributed by atoms with Gasteiger partial charge in [0, 0.05) is 51.3 Å². The molecule has 2 rings (SSSR count). The lowest BCUT2D eigenvalue weighted by atomic mass is 10.2. The maximum Gasteiger partial charge on any atom is 0.244 e. The van der Waals surface area contributed by atoms with Crippen molar-refractivity contribution in [3.63, 3.8) is 0 Å². The molecule has 0 radical (unpaired) electrons. The average molecular weight is 326 g/mol. The van der Waals surface area contributed by atoms with Crippen molar-refractivity contribution in [3.05, 3.63) is 54.4 Å². The first-order valence-corrected chi connectivity index (χ1v) is 7.67. The van der Waals surface area contributed by atoms with Crippen LogP contribution < -0.4 is 10.2 Å². The molecule has 0 unspecified atom stereocenters. The Morgan fingerprint density at radius 2 is 1.67 bits per heavy atom. The van der Waals surface area contributed by atoms with Gasteiger partial charge in [0.2, 0.25) is 11.8 Å². The van der Waals surface area contributed by atoms with Crippen LogP contribution in [0.5, 0.6) is 0 Å². The number of hydrogen-bond donors (Lipinski definition) is 1. The van der Waals surface area contributed by atoms with Gasteiger partial charge in [0.05, 0.1) is 0 Å². The van der Waals surface area contributed by atoms with Crippen molar-refractivity contribution in [2.45, 2.75) is 13.5 Å². The highest BCUT2D eigenvalue weighted by Crippen LogP contribution is 2.15. The second-order valence-corrected chi connectivity index (χ2v) is 5.72. The van der Waals surface area contributed by atoms with E-state index in [4.69, 9.17) is 0 Å². The van der Waals surface area contributed by atoms with E-state index >= 15 is 0 Å². The number of carbonyl (C=O) groups excluding carboxylic acids is 2. The molecule has 0 saturated heterocycles. The Kier molecular flexibility index (Phi) is 5.89. The Morgan fingerprint density at radius 1 is 1.04 bits per heavy atom. The van der Waals surface area contributed by atoms with Crippen LogP contribution in [0.4, 0.5) is 11.4 Å². The van der Waals surface area contributed by atoms with Gasteiger partial charge in [0.1, 0.15) is 6.54 Å². The molecule has 0 bridgehead atoms. The predicted octanol–water partition coefficient (Wildman–Crippen LogP) is 2.13. The second-order valence-electron chi connectivity index (χ2n) is 5.72. The van der Waals surface area contributed by atoms with Gasteiger partial charge >= 0.3 is 0 Å². The van der Waals surface area contributed by atoms with E-state index < -0.39 is 0 Å². The zero-order chi connectivity index (χ0) is 17.5. The number of carbonyl (C=O) groups is 2. The Bertz CT molecular complexity index is 684. The molecule has 126 valence electrons. The summed E-state index contributed by atoms with van der Waals surface area (Å²) in [7, 11) is 3.91. The molecule has 6 heteroatoms. The summed E-state index contributed by atoms with van der Waals surface area (Å²) in [6, 6.07) is 11.2. The summed E-state index contributed by atoms with van der Waals surface area (Å²) in [5, 5.41) is 2.82. The summed E-state index contributed by atoms with van der Waals surface area (Å²) in [5.74, 6) is -0.373. The summed E-state index contributed by atoms with van der Waals surface area (Å²) in [6.07, 6.45) is 3.33. The Hall–Kier alpha value is -2.89. The minimum absolute atomic E-state index is 0.00703. The van der Waals surface area contributed by atoms with E-state index in [1.54, 1.807) is 12.4 Å². The van der Waals surface area contributed by atoms with Gasteiger partial charge in [-0.25, -0.2) is 0 Å². The first-order valence-electron chi connectivity index (χ1n) is 7.67. The number of nitrogens with zero attached hydrogens (tertiary/aromatic N) is 3. The number of rotatable bonds is 6. The minimum Gasteiger partial charge on any atom is -0.378 e. The van der Waals surface area contributed by atoms with E-state index in [1.807, 2.05) is 55.4 Å². The highest BCUT2D eigenvalue weighted by Gasteiger charge is 2.14.